The topological polar surface area (TPSA) is 61.9 Å². The Bertz CT molecular complexity index is 1020. The standard InChI is InChI=1S/C22H21ClN4O/c1-16-13-21(17(2)27(16)20-9-5-7-18(23)14-20)22(28)26(12-6-10-24)15-19-8-3-4-11-25-19/h3-5,7-9,11,13-14H,6,12,15H2,1-2H3. The van der Waals surface area contributed by atoms with Crippen molar-refractivity contribution in [2.75, 3.05) is 6.54 Å². The molecule has 0 saturated carbocycles. The summed E-state index contributed by atoms with van der Waals surface area (Å²) in [6, 6.07) is 17.1. The number of carbonyl (C=O) groups is 1. The summed E-state index contributed by atoms with van der Waals surface area (Å²) in [5.74, 6) is -0.109. The number of carbonyl (C=O) groups excluding carboxylic acids is 1. The normalized spacial score (nSPS) is 10.5. The molecule has 0 aliphatic heterocycles. The monoisotopic (exact) mass is 392 g/mol. The molecule has 0 radical (unpaired) electrons. The van der Waals surface area contributed by atoms with Gasteiger partial charge in [-0.2, -0.15) is 5.26 Å². The van der Waals surface area contributed by atoms with Gasteiger partial charge >= 0.3 is 0 Å². The zero-order chi connectivity index (χ0) is 20.1. The lowest BCUT2D eigenvalue weighted by molar-refractivity contribution is 0.0744. The number of pyridine rings is 1. The third-order valence-electron chi connectivity index (χ3n) is 4.59. The van der Waals surface area contributed by atoms with Crippen LogP contribution in [0.3, 0.4) is 0 Å². The van der Waals surface area contributed by atoms with Crippen molar-refractivity contribution in [2.45, 2.75) is 26.8 Å². The van der Waals surface area contributed by atoms with Gasteiger partial charge in [0.1, 0.15) is 0 Å². The lowest BCUT2D eigenvalue weighted by atomic mass is 10.2. The van der Waals surface area contributed by atoms with E-state index in [0.29, 0.717) is 23.7 Å². The summed E-state index contributed by atoms with van der Waals surface area (Å²) >= 11 is 6.14. The van der Waals surface area contributed by atoms with Crippen LogP contribution in [0.2, 0.25) is 5.02 Å². The molecule has 2 aromatic heterocycles. The number of amides is 1. The molecule has 0 aliphatic rings. The zero-order valence-corrected chi connectivity index (χ0v) is 16.6. The molecule has 0 bridgehead atoms. The van der Waals surface area contributed by atoms with Crippen molar-refractivity contribution in [1.82, 2.24) is 14.5 Å². The molecule has 142 valence electrons. The third-order valence-corrected chi connectivity index (χ3v) is 4.82. The Hall–Kier alpha value is -3.10. The van der Waals surface area contributed by atoms with Gasteiger partial charge in [0.25, 0.3) is 5.91 Å². The van der Waals surface area contributed by atoms with E-state index in [4.69, 9.17) is 16.9 Å². The van der Waals surface area contributed by atoms with E-state index in [-0.39, 0.29) is 12.3 Å². The SMILES string of the molecule is Cc1cc(C(=O)N(CCC#N)Cc2ccccn2)c(C)n1-c1cccc(Cl)c1. The summed E-state index contributed by atoms with van der Waals surface area (Å²) < 4.78 is 2.02. The van der Waals surface area contributed by atoms with Crippen molar-refractivity contribution in [3.05, 3.63) is 82.4 Å². The molecule has 1 aromatic carbocycles. The molecule has 5 nitrogen and oxygen atoms in total. The highest BCUT2D eigenvalue weighted by Crippen LogP contribution is 2.24. The second-order valence-corrected chi connectivity index (χ2v) is 6.99. The van der Waals surface area contributed by atoms with Gasteiger partial charge in [0, 0.05) is 34.8 Å². The average Bonchev–Trinajstić information content (AvgIpc) is 2.99. The first-order chi connectivity index (χ1) is 13.5. The number of hydrogen-bond donors (Lipinski definition) is 0. The minimum Gasteiger partial charge on any atom is -0.332 e. The molecule has 6 heteroatoms. The summed E-state index contributed by atoms with van der Waals surface area (Å²) in [6.07, 6.45) is 1.97. The fraction of sp³-hybridized carbons (Fsp3) is 0.227. The van der Waals surface area contributed by atoms with Crippen molar-refractivity contribution in [1.29, 1.82) is 5.26 Å². The molecule has 0 aliphatic carbocycles. The summed E-state index contributed by atoms with van der Waals surface area (Å²) in [5, 5.41) is 9.63. The minimum absolute atomic E-state index is 0.109. The van der Waals surface area contributed by atoms with Gasteiger partial charge in [0.2, 0.25) is 0 Å². The van der Waals surface area contributed by atoms with Crippen LogP contribution >= 0.6 is 11.6 Å². The van der Waals surface area contributed by atoms with E-state index in [2.05, 4.69) is 11.1 Å². The van der Waals surface area contributed by atoms with Gasteiger partial charge in [0.15, 0.2) is 0 Å². The maximum absolute atomic E-state index is 13.3. The quantitative estimate of drug-likeness (QED) is 0.610. The smallest absolute Gasteiger partial charge is 0.256 e. The zero-order valence-electron chi connectivity index (χ0n) is 15.9. The molecule has 2 heterocycles. The van der Waals surface area contributed by atoms with Crippen LogP contribution in [-0.4, -0.2) is 26.9 Å². The van der Waals surface area contributed by atoms with Gasteiger partial charge < -0.3 is 9.47 Å². The van der Waals surface area contributed by atoms with Gasteiger partial charge in [-0.1, -0.05) is 23.7 Å². The fourth-order valence-electron chi connectivity index (χ4n) is 3.29. The third kappa shape index (κ3) is 4.24. The maximum Gasteiger partial charge on any atom is 0.256 e. The highest BCUT2D eigenvalue weighted by molar-refractivity contribution is 6.30. The van der Waals surface area contributed by atoms with Crippen molar-refractivity contribution in [2.24, 2.45) is 0 Å². The first kappa shape index (κ1) is 19.7. The van der Waals surface area contributed by atoms with Gasteiger partial charge in [-0.25, -0.2) is 0 Å². The Labute approximate surface area is 169 Å². The number of aromatic nitrogens is 2. The van der Waals surface area contributed by atoms with E-state index in [1.807, 2.05) is 66.9 Å². The second kappa shape index (κ2) is 8.73. The number of aryl methyl sites for hydroxylation is 1. The predicted octanol–water partition coefficient (Wildman–Crippen LogP) is 4.70. The highest BCUT2D eigenvalue weighted by Gasteiger charge is 2.22. The molecule has 3 aromatic rings. The molecule has 28 heavy (non-hydrogen) atoms. The summed E-state index contributed by atoms with van der Waals surface area (Å²) in [6.45, 7) is 4.60. The van der Waals surface area contributed by atoms with Crippen LogP contribution in [0.15, 0.2) is 54.7 Å². The molecule has 0 unspecified atom stereocenters. The lowest BCUT2D eigenvalue weighted by Gasteiger charge is -2.21. The number of hydrogen-bond acceptors (Lipinski definition) is 3. The Balaban J connectivity index is 1.95. The highest BCUT2D eigenvalue weighted by atomic mass is 35.5. The van der Waals surface area contributed by atoms with Crippen LogP contribution < -0.4 is 0 Å². The number of nitrogens with zero attached hydrogens (tertiary/aromatic N) is 4. The summed E-state index contributed by atoms with van der Waals surface area (Å²) in [7, 11) is 0. The van der Waals surface area contributed by atoms with Crippen LogP contribution in [0.1, 0.15) is 33.9 Å². The molecule has 3 rings (SSSR count). The Kier molecular flexibility index (Phi) is 6.13. The Morgan fingerprint density at radius 1 is 1.21 bits per heavy atom. The van der Waals surface area contributed by atoms with Crippen LogP contribution in [0.4, 0.5) is 0 Å². The average molecular weight is 393 g/mol. The number of nitriles is 1. The number of rotatable bonds is 6. The molecule has 0 spiro atoms. The van der Waals surface area contributed by atoms with E-state index in [1.165, 1.54) is 0 Å². The van der Waals surface area contributed by atoms with Crippen LogP contribution in [0, 0.1) is 25.2 Å². The number of halogens is 1. The minimum atomic E-state index is -0.109. The van der Waals surface area contributed by atoms with Crippen molar-refractivity contribution >= 4 is 17.5 Å². The fourth-order valence-corrected chi connectivity index (χ4v) is 3.47. The molecule has 0 N–H and O–H groups in total. The Morgan fingerprint density at radius 2 is 2.04 bits per heavy atom. The van der Waals surface area contributed by atoms with Gasteiger partial charge in [-0.3, -0.25) is 9.78 Å². The summed E-state index contributed by atoms with van der Waals surface area (Å²) in [4.78, 5) is 19.3. The van der Waals surface area contributed by atoms with Crippen molar-refractivity contribution in [3.63, 3.8) is 0 Å². The van der Waals surface area contributed by atoms with E-state index >= 15 is 0 Å². The maximum atomic E-state index is 13.3. The van der Waals surface area contributed by atoms with E-state index in [0.717, 1.165) is 22.8 Å². The van der Waals surface area contributed by atoms with Crippen LogP contribution in [0.5, 0.6) is 0 Å². The first-order valence-corrected chi connectivity index (χ1v) is 9.40. The van der Waals surface area contributed by atoms with E-state index in [1.54, 1.807) is 11.1 Å². The molecule has 1 amide bonds. The van der Waals surface area contributed by atoms with Crippen molar-refractivity contribution < 1.29 is 4.79 Å². The molecular formula is C22H21ClN4O. The van der Waals surface area contributed by atoms with Gasteiger partial charge in [-0.05, 0) is 50.2 Å². The number of benzene rings is 1. The van der Waals surface area contributed by atoms with Gasteiger partial charge in [-0.15, -0.1) is 0 Å². The summed E-state index contributed by atoms with van der Waals surface area (Å²) in [5.41, 5.74) is 4.10. The predicted molar refractivity (Wildman–Crippen MR) is 109 cm³/mol. The van der Waals surface area contributed by atoms with E-state index < -0.39 is 0 Å². The van der Waals surface area contributed by atoms with Crippen molar-refractivity contribution in [3.8, 4) is 11.8 Å². The van der Waals surface area contributed by atoms with Gasteiger partial charge in [0.05, 0.1) is 30.3 Å². The molecule has 0 atom stereocenters. The lowest BCUT2D eigenvalue weighted by Crippen LogP contribution is -2.32. The van der Waals surface area contributed by atoms with E-state index in [9.17, 15) is 4.79 Å². The van der Waals surface area contributed by atoms with Crippen LogP contribution in [-0.2, 0) is 6.54 Å². The largest absolute Gasteiger partial charge is 0.332 e. The Morgan fingerprint density at radius 3 is 2.71 bits per heavy atom. The first-order valence-electron chi connectivity index (χ1n) is 9.02. The van der Waals surface area contributed by atoms with Crippen LogP contribution in [0.25, 0.3) is 5.69 Å². The molecule has 0 saturated heterocycles. The second-order valence-electron chi connectivity index (χ2n) is 6.56. The molecular weight excluding hydrogens is 372 g/mol. The molecule has 0 fully saturated rings.